The number of hydrogen-bond donors (Lipinski definition) is 2. The molecule has 0 saturated carbocycles. The first-order valence-corrected chi connectivity index (χ1v) is 8.12. The first kappa shape index (κ1) is 15.7. The van der Waals surface area contributed by atoms with E-state index < -0.39 is 16.1 Å². The lowest BCUT2D eigenvalue weighted by molar-refractivity contribution is 0.149. The first-order chi connectivity index (χ1) is 9.95. The van der Waals surface area contributed by atoms with E-state index in [2.05, 4.69) is 9.97 Å². The van der Waals surface area contributed by atoms with Crippen molar-refractivity contribution in [2.24, 2.45) is 0 Å². The van der Waals surface area contributed by atoms with Crippen LogP contribution in [0.5, 0.6) is 0 Å². The van der Waals surface area contributed by atoms with Gasteiger partial charge in [0, 0.05) is 13.1 Å². The van der Waals surface area contributed by atoms with Crippen molar-refractivity contribution in [3.63, 3.8) is 0 Å². The molecule has 1 atom stereocenters. The number of sulfonamides is 1. The Morgan fingerprint density at radius 3 is 2.52 bits per heavy atom. The van der Waals surface area contributed by atoms with Crippen LogP contribution in [0.1, 0.15) is 24.2 Å². The summed E-state index contributed by atoms with van der Waals surface area (Å²) in [6, 6.07) is 7.38. The molecule has 0 saturated heterocycles. The number of rotatable bonds is 6. The van der Waals surface area contributed by atoms with Gasteiger partial charge in [-0.2, -0.15) is 4.31 Å². The minimum Gasteiger partial charge on any atom is -0.387 e. The zero-order chi connectivity index (χ0) is 15.5. The molecule has 0 unspecified atom stereocenters. The van der Waals surface area contributed by atoms with Crippen molar-refractivity contribution in [2.45, 2.75) is 25.0 Å². The molecule has 0 amide bonds. The van der Waals surface area contributed by atoms with Crippen LogP contribution in [0.25, 0.3) is 0 Å². The van der Waals surface area contributed by atoms with Gasteiger partial charge >= 0.3 is 0 Å². The molecule has 1 aromatic carbocycles. The number of imidazole rings is 1. The minimum atomic E-state index is -3.66. The molecule has 1 heterocycles. The van der Waals surface area contributed by atoms with Gasteiger partial charge in [-0.05, 0) is 12.5 Å². The second-order valence-electron chi connectivity index (χ2n) is 4.80. The molecule has 2 aromatic rings. The van der Waals surface area contributed by atoms with Gasteiger partial charge in [0.1, 0.15) is 0 Å². The summed E-state index contributed by atoms with van der Waals surface area (Å²) in [5.74, 6) is 0. The van der Waals surface area contributed by atoms with Gasteiger partial charge < -0.3 is 10.1 Å². The Labute approximate surface area is 124 Å². The third-order valence-corrected chi connectivity index (χ3v) is 5.15. The van der Waals surface area contributed by atoms with Crippen LogP contribution < -0.4 is 0 Å². The van der Waals surface area contributed by atoms with E-state index in [-0.39, 0.29) is 18.1 Å². The molecule has 6 nitrogen and oxygen atoms in total. The van der Waals surface area contributed by atoms with Crippen molar-refractivity contribution < 1.29 is 13.5 Å². The van der Waals surface area contributed by atoms with Gasteiger partial charge in [-0.25, -0.2) is 13.4 Å². The summed E-state index contributed by atoms with van der Waals surface area (Å²) in [6.07, 6.45) is 1.70. The molecule has 2 N–H and O–H groups in total. The average Bonchev–Trinajstić information content (AvgIpc) is 3.00. The molecule has 0 spiro atoms. The number of likely N-dealkylation sites (N-methyl/N-ethyl adjacent to an activating group) is 1. The Bertz CT molecular complexity index is 666. The smallest absolute Gasteiger partial charge is 0.260 e. The molecular formula is C14H19N3O3S. The lowest BCUT2D eigenvalue weighted by Gasteiger charge is -2.22. The van der Waals surface area contributed by atoms with Gasteiger partial charge in [-0.15, -0.1) is 0 Å². The topological polar surface area (TPSA) is 86.3 Å². The van der Waals surface area contributed by atoms with Crippen LogP contribution >= 0.6 is 0 Å². The molecule has 0 radical (unpaired) electrons. The van der Waals surface area contributed by atoms with Gasteiger partial charge in [-0.1, -0.05) is 36.8 Å². The molecule has 0 bridgehead atoms. The van der Waals surface area contributed by atoms with Crippen LogP contribution in [0.15, 0.2) is 41.8 Å². The number of hydrogen-bond acceptors (Lipinski definition) is 4. The van der Waals surface area contributed by atoms with Crippen molar-refractivity contribution in [3.8, 4) is 0 Å². The van der Waals surface area contributed by atoms with Gasteiger partial charge in [0.25, 0.3) is 10.0 Å². The predicted molar refractivity (Wildman–Crippen MR) is 79.2 cm³/mol. The number of aromatic nitrogens is 2. The van der Waals surface area contributed by atoms with E-state index in [1.54, 1.807) is 19.1 Å². The molecule has 1 aromatic heterocycles. The maximum Gasteiger partial charge on any atom is 0.260 e. The van der Waals surface area contributed by atoms with E-state index in [0.717, 1.165) is 5.56 Å². The van der Waals surface area contributed by atoms with Crippen molar-refractivity contribution >= 4 is 10.0 Å². The Hall–Kier alpha value is -1.70. The first-order valence-electron chi connectivity index (χ1n) is 6.68. The highest BCUT2D eigenvalue weighted by atomic mass is 32.2. The largest absolute Gasteiger partial charge is 0.387 e. The Morgan fingerprint density at radius 2 is 2.00 bits per heavy atom. The summed E-state index contributed by atoms with van der Waals surface area (Å²) in [4.78, 5) is 6.32. The summed E-state index contributed by atoms with van der Waals surface area (Å²) in [5.41, 5.74) is 1.78. The third kappa shape index (κ3) is 3.49. The second kappa shape index (κ2) is 6.38. The SMILES string of the molecule is CCN(C[C@H](O)c1ccc(C)cc1)S(=O)(=O)c1cnc[nH]1. The maximum atomic E-state index is 12.4. The Morgan fingerprint density at radius 1 is 1.33 bits per heavy atom. The second-order valence-corrected chi connectivity index (χ2v) is 6.70. The molecule has 21 heavy (non-hydrogen) atoms. The maximum absolute atomic E-state index is 12.4. The molecule has 114 valence electrons. The standard InChI is InChI=1S/C14H19N3O3S/c1-3-17(21(19,20)14-8-15-10-16-14)9-13(18)12-6-4-11(2)5-7-12/h4-8,10,13,18H,3,9H2,1-2H3,(H,15,16)/t13-/m0/s1. The fourth-order valence-electron chi connectivity index (χ4n) is 2.01. The monoisotopic (exact) mass is 309 g/mol. The highest BCUT2D eigenvalue weighted by Gasteiger charge is 2.26. The quantitative estimate of drug-likeness (QED) is 0.846. The average molecular weight is 309 g/mol. The summed E-state index contributed by atoms with van der Waals surface area (Å²) in [5, 5.41) is 10.3. The van der Waals surface area contributed by atoms with Crippen molar-refractivity contribution in [1.29, 1.82) is 0 Å². The molecule has 0 aliphatic carbocycles. The van der Waals surface area contributed by atoms with Gasteiger partial charge in [0.05, 0.1) is 18.6 Å². The zero-order valence-electron chi connectivity index (χ0n) is 12.0. The lowest BCUT2D eigenvalue weighted by atomic mass is 10.1. The molecule has 0 aliphatic rings. The summed E-state index contributed by atoms with van der Waals surface area (Å²) >= 11 is 0. The molecular weight excluding hydrogens is 290 g/mol. The zero-order valence-corrected chi connectivity index (χ0v) is 12.8. The fraction of sp³-hybridized carbons (Fsp3) is 0.357. The number of aliphatic hydroxyl groups is 1. The van der Waals surface area contributed by atoms with E-state index >= 15 is 0 Å². The number of aromatic amines is 1. The number of benzene rings is 1. The lowest BCUT2D eigenvalue weighted by Crippen LogP contribution is -2.34. The highest BCUT2D eigenvalue weighted by molar-refractivity contribution is 7.89. The molecule has 0 aliphatic heterocycles. The van der Waals surface area contributed by atoms with E-state index in [0.29, 0.717) is 5.56 Å². The Balaban J connectivity index is 2.17. The number of H-pyrrole nitrogens is 1. The molecule has 0 fully saturated rings. The van der Waals surface area contributed by atoms with Crippen LogP contribution in [0.2, 0.25) is 0 Å². The number of aliphatic hydroxyl groups excluding tert-OH is 1. The van der Waals surface area contributed by atoms with Crippen molar-refractivity contribution in [3.05, 3.63) is 47.9 Å². The van der Waals surface area contributed by atoms with Crippen LogP contribution in [-0.2, 0) is 10.0 Å². The number of nitrogens with one attached hydrogen (secondary N) is 1. The van der Waals surface area contributed by atoms with Crippen LogP contribution in [0.3, 0.4) is 0 Å². The number of aryl methyl sites for hydroxylation is 1. The van der Waals surface area contributed by atoms with Gasteiger partial charge in [0.2, 0.25) is 0 Å². The van der Waals surface area contributed by atoms with E-state index in [1.807, 2.05) is 19.1 Å². The summed E-state index contributed by atoms with van der Waals surface area (Å²) in [6.45, 7) is 3.96. The van der Waals surface area contributed by atoms with E-state index in [4.69, 9.17) is 0 Å². The van der Waals surface area contributed by atoms with Crippen molar-refractivity contribution in [1.82, 2.24) is 14.3 Å². The number of nitrogens with zero attached hydrogens (tertiary/aromatic N) is 2. The van der Waals surface area contributed by atoms with E-state index in [9.17, 15) is 13.5 Å². The highest BCUT2D eigenvalue weighted by Crippen LogP contribution is 2.19. The minimum absolute atomic E-state index is 0.000907. The van der Waals surface area contributed by atoms with E-state index in [1.165, 1.54) is 16.8 Å². The van der Waals surface area contributed by atoms with Gasteiger partial charge in [-0.3, -0.25) is 0 Å². The third-order valence-electron chi connectivity index (χ3n) is 3.28. The van der Waals surface area contributed by atoms with Gasteiger partial charge in [0.15, 0.2) is 5.03 Å². The van der Waals surface area contributed by atoms with Crippen LogP contribution in [0.4, 0.5) is 0 Å². The summed E-state index contributed by atoms with van der Waals surface area (Å²) in [7, 11) is -3.66. The molecule has 7 heteroatoms. The normalized spacial score (nSPS) is 13.5. The molecule has 2 rings (SSSR count). The van der Waals surface area contributed by atoms with Crippen molar-refractivity contribution in [2.75, 3.05) is 13.1 Å². The van der Waals surface area contributed by atoms with Crippen LogP contribution in [-0.4, -0.2) is 40.9 Å². The Kier molecular flexibility index (Phi) is 4.76. The summed E-state index contributed by atoms with van der Waals surface area (Å²) < 4.78 is 26.0. The fourth-order valence-corrected chi connectivity index (χ4v) is 3.36. The predicted octanol–water partition coefficient (Wildman–Crippen LogP) is 1.46. The van der Waals surface area contributed by atoms with Crippen LogP contribution in [0, 0.1) is 6.92 Å².